The molecule has 0 aliphatic heterocycles. The van der Waals surface area contributed by atoms with Crippen molar-refractivity contribution in [1.82, 2.24) is 4.98 Å². The highest BCUT2D eigenvalue weighted by Gasteiger charge is 2.03. The molecule has 0 radical (unpaired) electrons. The maximum absolute atomic E-state index is 12.8. The Labute approximate surface area is 101 Å². The molecule has 82 valence electrons. The van der Waals surface area contributed by atoms with Gasteiger partial charge in [0, 0.05) is 6.54 Å². The van der Waals surface area contributed by atoms with Gasteiger partial charge in [-0.3, -0.25) is 0 Å². The number of nitrogens with one attached hydrogen (secondary N) is 1. The number of halogens is 2. The second-order valence-electron chi connectivity index (χ2n) is 2.78. The van der Waals surface area contributed by atoms with E-state index in [1.807, 2.05) is 0 Å². The first-order chi connectivity index (χ1) is 6.79. The number of benzene rings is 1. The molecule has 2 N–H and O–H groups in total. The molecule has 1 aromatic carbocycles. The van der Waals surface area contributed by atoms with Gasteiger partial charge in [-0.15, -0.1) is 17.0 Å². The van der Waals surface area contributed by atoms with Crippen LogP contribution in [-0.4, -0.2) is 23.2 Å². The van der Waals surface area contributed by atoms with E-state index >= 15 is 0 Å². The quantitative estimate of drug-likeness (QED) is 0.913. The van der Waals surface area contributed by atoms with Gasteiger partial charge >= 0.3 is 0 Å². The maximum atomic E-state index is 12.8. The van der Waals surface area contributed by atoms with E-state index in [0.29, 0.717) is 11.7 Å². The summed E-state index contributed by atoms with van der Waals surface area (Å²) in [5, 5.41) is 12.2. The molecule has 0 fully saturated rings. The molecule has 6 heteroatoms. The maximum Gasteiger partial charge on any atom is 0.183 e. The first-order valence-electron chi connectivity index (χ1n) is 4.20. The van der Waals surface area contributed by atoms with Crippen molar-refractivity contribution >= 4 is 43.7 Å². The monoisotopic (exact) mass is 292 g/mol. The van der Waals surface area contributed by atoms with Crippen LogP contribution in [0.5, 0.6) is 0 Å². The molecule has 1 heterocycles. The Kier molecular flexibility index (Phi) is 4.44. The lowest BCUT2D eigenvalue weighted by molar-refractivity contribution is 0.311. The molecular formula is C9H10BrFN2OS. The van der Waals surface area contributed by atoms with Crippen molar-refractivity contribution < 1.29 is 9.50 Å². The zero-order chi connectivity index (χ0) is 9.97. The molecule has 0 atom stereocenters. The molecule has 2 rings (SSSR count). The van der Waals surface area contributed by atoms with Crippen molar-refractivity contribution in [3.8, 4) is 0 Å². The first-order valence-corrected chi connectivity index (χ1v) is 5.02. The first kappa shape index (κ1) is 12.4. The van der Waals surface area contributed by atoms with Crippen LogP contribution in [0.25, 0.3) is 10.2 Å². The Morgan fingerprint density at radius 1 is 1.47 bits per heavy atom. The minimum absolute atomic E-state index is 0. The molecule has 0 saturated carbocycles. The number of hydrogen-bond donors (Lipinski definition) is 2. The van der Waals surface area contributed by atoms with E-state index in [-0.39, 0.29) is 29.4 Å². The van der Waals surface area contributed by atoms with Crippen molar-refractivity contribution in [2.45, 2.75) is 0 Å². The normalized spacial score (nSPS) is 10.0. The largest absolute Gasteiger partial charge is 0.395 e. The summed E-state index contributed by atoms with van der Waals surface area (Å²) >= 11 is 1.38. The summed E-state index contributed by atoms with van der Waals surface area (Å²) in [5.74, 6) is -0.255. The van der Waals surface area contributed by atoms with Gasteiger partial charge in [0.15, 0.2) is 5.13 Å². The summed E-state index contributed by atoms with van der Waals surface area (Å²) < 4.78 is 13.6. The minimum Gasteiger partial charge on any atom is -0.395 e. The van der Waals surface area contributed by atoms with Crippen LogP contribution >= 0.6 is 28.3 Å². The van der Waals surface area contributed by atoms with Crippen LogP contribution in [0, 0.1) is 5.82 Å². The summed E-state index contributed by atoms with van der Waals surface area (Å²) in [6.07, 6.45) is 0. The van der Waals surface area contributed by atoms with E-state index in [1.54, 1.807) is 6.07 Å². The zero-order valence-electron chi connectivity index (χ0n) is 7.74. The predicted octanol–water partition coefficient (Wildman–Crippen LogP) is 2.42. The van der Waals surface area contributed by atoms with E-state index in [0.717, 1.165) is 10.2 Å². The van der Waals surface area contributed by atoms with Gasteiger partial charge in [0.1, 0.15) is 5.82 Å². The van der Waals surface area contributed by atoms with Crippen molar-refractivity contribution in [3.63, 3.8) is 0 Å². The average molecular weight is 293 g/mol. The molecule has 0 aliphatic rings. The van der Waals surface area contributed by atoms with E-state index in [4.69, 9.17) is 5.11 Å². The van der Waals surface area contributed by atoms with Crippen molar-refractivity contribution in [2.24, 2.45) is 0 Å². The number of aromatic nitrogens is 1. The van der Waals surface area contributed by atoms with Gasteiger partial charge in [-0.2, -0.15) is 0 Å². The summed E-state index contributed by atoms with van der Waals surface area (Å²) in [6.45, 7) is 0.520. The van der Waals surface area contributed by atoms with E-state index in [2.05, 4.69) is 10.3 Å². The van der Waals surface area contributed by atoms with Crippen molar-refractivity contribution in [1.29, 1.82) is 0 Å². The molecule has 1 aromatic heterocycles. The van der Waals surface area contributed by atoms with Gasteiger partial charge in [-0.1, -0.05) is 11.3 Å². The van der Waals surface area contributed by atoms with Crippen LogP contribution in [0.1, 0.15) is 0 Å². The van der Waals surface area contributed by atoms with E-state index in [1.165, 1.54) is 23.5 Å². The van der Waals surface area contributed by atoms with Gasteiger partial charge in [0.2, 0.25) is 0 Å². The molecule has 0 bridgehead atoms. The molecular weight excluding hydrogens is 283 g/mol. The lowest BCUT2D eigenvalue weighted by Gasteiger charge is -1.95. The molecule has 0 spiro atoms. The van der Waals surface area contributed by atoms with Crippen LogP contribution in [0.3, 0.4) is 0 Å². The lowest BCUT2D eigenvalue weighted by Crippen LogP contribution is -2.04. The molecule has 15 heavy (non-hydrogen) atoms. The smallest absolute Gasteiger partial charge is 0.183 e. The summed E-state index contributed by atoms with van der Waals surface area (Å²) in [5.41, 5.74) is 0.775. The van der Waals surface area contributed by atoms with Crippen molar-refractivity contribution in [3.05, 3.63) is 24.0 Å². The highest BCUT2D eigenvalue weighted by atomic mass is 79.9. The number of nitrogens with zero attached hydrogens (tertiary/aromatic N) is 1. The Morgan fingerprint density at radius 2 is 2.27 bits per heavy atom. The Morgan fingerprint density at radius 3 is 3.00 bits per heavy atom. The molecule has 0 aliphatic carbocycles. The Bertz CT molecular complexity index is 449. The number of hydrogen-bond acceptors (Lipinski definition) is 4. The highest BCUT2D eigenvalue weighted by Crippen LogP contribution is 2.26. The van der Waals surface area contributed by atoms with E-state index in [9.17, 15) is 4.39 Å². The minimum atomic E-state index is -0.255. The van der Waals surface area contributed by atoms with Crippen LogP contribution in [-0.2, 0) is 0 Å². The third kappa shape index (κ3) is 2.87. The number of thiazole rings is 1. The van der Waals surface area contributed by atoms with Gasteiger partial charge in [0.25, 0.3) is 0 Å². The van der Waals surface area contributed by atoms with Gasteiger partial charge in [-0.05, 0) is 18.2 Å². The van der Waals surface area contributed by atoms with Crippen molar-refractivity contribution in [2.75, 3.05) is 18.5 Å². The van der Waals surface area contributed by atoms with Gasteiger partial charge in [0.05, 0.1) is 16.8 Å². The summed E-state index contributed by atoms with van der Waals surface area (Å²) in [6, 6.07) is 4.49. The second kappa shape index (κ2) is 5.39. The van der Waals surface area contributed by atoms with Gasteiger partial charge in [-0.25, -0.2) is 9.37 Å². The average Bonchev–Trinajstić information content (AvgIpc) is 2.56. The molecule has 0 unspecified atom stereocenters. The fourth-order valence-electron chi connectivity index (χ4n) is 1.14. The third-order valence-electron chi connectivity index (χ3n) is 1.74. The van der Waals surface area contributed by atoms with Crippen LogP contribution in [0.15, 0.2) is 18.2 Å². The van der Waals surface area contributed by atoms with Gasteiger partial charge < -0.3 is 10.4 Å². The fraction of sp³-hybridized carbons (Fsp3) is 0.222. The molecule has 3 nitrogen and oxygen atoms in total. The second-order valence-corrected chi connectivity index (χ2v) is 3.81. The molecule has 0 saturated heterocycles. The molecule has 2 aromatic rings. The Hall–Kier alpha value is -0.720. The fourth-order valence-corrected chi connectivity index (χ4v) is 2.05. The number of fused-ring (bicyclic) bond motifs is 1. The molecule has 0 amide bonds. The Balaban J connectivity index is 0.00000112. The van der Waals surface area contributed by atoms with Crippen LogP contribution in [0.4, 0.5) is 9.52 Å². The number of rotatable bonds is 3. The lowest BCUT2D eigenvalue weighted by atomic mass is 10.3. The number of anilines is 1. The zero-order valence-corrected chi connectivity index (χ0v) is 10.3. The van der Waals surface area contributed by atoms with Crippen LogP contribution in [0.2, 0.25) is 0 Å². The third-order valence-corrected chi connectivity index (χ3v) is 2.71. The topological polar surface area (TPSA) is 45.1 Å². The SMILES string of the molecule is Br.OCCNc1nc2ccc(F)cc2s1. The number of aliphatic hydroxyl groups excluding tert-OH is 1. The summed E-state index contributed by atoms with van der Waals surface area (Å²) in [4.78, 5) is 4.22. The predicted molar refractivity (Wildman–Crippen MR) is 65.5 cm³/mol. The number of aliphatic hydroxyl groups is 1. The standard InChI is InChI=1S/C9H9FN2OS.BrH/c10-6-1-2-7-8(5-6)14-9(12-7)11-3-4-13;/h1-2,5,13H,3-4H2,(H,11,12);1H. The highest BCUT2D eigenvalue weighted by molar-refractivity contribution is 8.93. The van der Waals surface area contributed by atoms with E-state index < -0.39 is 0 Å². The van der Waals surface area contributed by atoms with Crippen LogP contribution < -0.4 is 5.32 Å². The summed E-state index contributed by atoms with van der Waals surface area (Å²) in [7, 11) is 0.